The number of hydrogen-bond acceptors (Lipinski definition) is 3. The van der Waals surface area contributed by atoms with E-state index in [4.69, 9.17) is 0 Å². The lowest BCUT2D eigenvalue weighted by molar-refractivity contribution is -0.122. The summed E-state index contributed by atoms with van der Waals surface area (Å²) in [4.78, 5) is 12.5. The zero-order valence-corrected chi connectivity index (χ0v) is 18.0. The summed E-state index contributed by atoms with van der Waals surface area (Å²) < 4.78 is 25.9. The van der Waals surface area contributed by atoms with E-state index in [2.05, 4.69) is 24.4 Å². The van der Waals surface area contributed by atoms with Gasteiger partial charge in [0.05, 0.1) is 18.0 Å². The van der Waals surface area contributed by atoms with E-state index in [0.29, 0.717) is 25.1 Å². The van der Waals surface area contributed by atoms with Crippen molar-refractivity contribution in [3.8, 4) is 0 Å². The topological polar surface area (TPSA) is 66.5 Å². The smallest absolute Gasteiger partial charge is 0.232 e. The Labute approximate surface area is 174 Å². The van der Waals surface area contributed by atoms with Crippen LogP contribution in [0.2, 0.25) is 0 Å². The van der Waals surface area contributed by atoms with E-state index in [-0.39, 0.29) is 11.9 Å². The molecule has 0 heterocycles. The first-order valence-corrected chi connectivity index (χ1v) is 12.2. The van der Waals surface area contributed by atoms with Gasteiger partial charge in [0.15, 0.2) is 0 Å². The van der Waals surface area contributed by atoms with Crippen LogP contribution >= 0.6 is 0 Å². The second-order valence-electron chi connectivity index (χ2n) is 7.67. The molecule has 6 heteroatoms. The summed E-state index contributed by atoms with van der Waals surface area (Å²) in [6, 6.07) is 15.9. The summed E-state index contributed by atoms with van der Waals surface area (Å²) in [6.07, 6.45) is 5.96. The molecule has 3 rings (SSSR count). The van der Waals surface area contributed by atoms with Crippen molar-refractivity contribution in [2.75, 3.05) is 17.1 Å². The Morgan fingerprint density at radius 3 is 2.55 bits per heavy atom. The van der Waals surface area contributed by atoms with Crippen LogP contribution in [0.5, 0.6) is 0 Å². The van der Waals surface area contributed by atoms with Gasteiger partial charge in [0.1, 0.15) is 0 Å². The van der Waals surface area contributed by atoms with Gasteiger partial charge in [0.2, 0.25) is 15.9 Å². The maximum atomic E-state index is 12.5. The molecule has 0 aliphatic heterocycles. The van der Waals surface area contributed by atoms with Gasteiger partial charge >= 0.3 is 0 Å². The number of amides is 1. The molecule has 0 saturated carbocycles. The molecule has 156 valence electrons. The fraction of sp³-hybridized carbons (Fsp3) is 0.435. The van der Waals surface area contributed by atoms with E-state index >= 15 is 0 Å². The number of aryl methyl sites for hydroxylation is 2. The maximum Gasteiger partial charge on any atom is 0.232 e. The number of carbonyl (C=O) groups excluding carboxylic acids is 1. The molecule has 2 aromatic carbocycles. The van der Waals surface area contributed by atoms with Gasteiger partial charge in [0.25, 0.3) is 0 Å². The van der Waals surface area contributed by atoms with Gasteiger partial charge in [-0.15, -0.1) is 0 Å². The minimum absolute atomic E-state index is 0.0264. The predicted octanol–water partition coefficient (Wildman–Crippen LogP) is 3.99. The molecule has 5 nitrogen and oxygen atoms in total. The molecule has 1 unspecified atom stereocenters. The van der Waals surface area contributed by atoms with Gasteiger partial charge in [-0.05, 0) is 60.9 Å². The van der Waals surface area contributed by atoms with Crippen LogP contribution in [0, 0.1) is 0 Å². The van der Waals surface area contributed by atoms with Gasteiger partial charge in [-0.3, -0.25) is 9.10 Å². The number of carbonyl (C=O) groups is 1. The summed E-state index contributed by atoms with van der Waals surface area (Å²) >= 11 is 0. The molecular weight excluding hydrogens is 384 g/mol. The molecule has 1 aliphatic carbocycles. The molecule has 0 spiro atoms. The van der Waals surface area contributed by atoms with Crippen LogP contribution in [0.15, 0.2) is 48.5 Å². The Balaban J connectivity index is 1.58. The predicted molar refractivity (Wildman–Crippen MR) is 118 cm³/mol. The molecule has 2 aromatic rings. The molecule has 0 saturated heterocycles. The van der Waals surface area contributed by atoms with Crippen molar-refractivity contribution in [3.05, 3.63) is 65.2 Å². The summed E-state index contributed by atoms with van der Waals surface area (Å²) in [5.74, 6) is -0.0264. The van der Waals surface area contributed by atoms with Crippen LogP contribution < -0.4 is 9.62 Å². The summed E-state index contributed by atoms with van der Waals surface area (Å²) in [5, 5.41) is 3.14. The molecule has 1 atom stereocenters. The number of nitrogens with one attached hydrogen (secondary N) is 1. The molecule has 29 heavy (non-hydrogen) atoms. The highest BCUT2D eigenvalue weighted by Crippen LogP contribution is 2.29. The first-order valence-electron chi connectivity index (χ1n) is 10.3. The van der Waals surface area contributed by atoms with E-state index in [1.54, 1.807) is 0 Å². The Kier molecular flexibility index (Phi) is 6.96. The van der Waals surface area contributed by atoms with Gasteiger partial charge in [-0.25, -0.2) is 8.42 Å². The minimum Gasteiger partial charge on any atom is -0.349 e. The largest absolute Gasteiger partial charge is 0.349 e. The average molecular weight is 415 g/mol. The molecule has 0 fully saturated rings. The fourth-order valence-electron chi connectivity index (χ4n) is 3.94. The third-order valence-corrected chi connectivity index (χ3v) is 6.70. The zero-order chi connectivity index (χ0) is 20.9. The Hall–Kier alpha value is -2.34. The average Bonchev–Trinajstić information content (AvgIpc) is 2.71. The zero-order valence-electron chi connectivity index (χ0n) is 17.2. The van der Waals surface area contributed by atoms with Gasteiger partial charge < -0.3 is 5.32 Å². The van der Waals surface area contributed by atoms with E-state index in [1.165, 1.54) is 21.7 Å². The highest BCUT2D eigenvalue weighted by Gasteiger charge is 2.22. The molecule has 1 N–H and O–H groups in total. The van der Waals surface area contributed by atoms with E-state index in [1.807, 2.05) is 36.4 Å². The highest BCUT2D eigenvalue weighted by atomic mass is 32.2. The lowest BCUT2D eigenvalue weighted by atomic mass is 9.87. The molecule has 1 aliphatic rings. The molecule has 0 radical (unpaired) electrons. The van der Waals surface area contributed by atoms with Crippen LogP contribution in [0.4, 0.5) is 5.69 Å². The number of rotatable bonds is 8. The third-order valence-electron chi connectivity index (χ3n) is 5.50. The SMILES string of the molecule is CCc1ccc(N(CCCC(=O)NC2CCCc3ccccc32)S(C)(=O)=O)cc1. The van der Waals surface area contributed by atoms with Crippen molar-refractivity contribution in [2.24, 2.45) is 0 Å². The quantitative estimate of drug-likeness (QED) is 0.710. The van der Waals surface area contributed by atoms with E-state index in [9.17, 15) is 13.2 Å². The summed E-state index contributed by atoms with van der Waals surface area (Å²) in [5.41, 5.74) is 4.32. The Morgan fingerprint density at radius 2 is 1.86 bits per heavy atom. The van der Waals surface area contributed by atoms with Gasteiger partial charge in [-0.2, -0.15) is 0 Å². The second kappa shape index (κ2) is 9.44. The van der Waals surface area contributed by atoms with Crippen LogP contribution in [-0.4, -0.2) is 27.1 Å². The third kappa shape index (κ3) is 5.60. The van der Waals surface area contributed by atoms with Gasteiger partial charge in [0, 0.05) is 13.0 Å². The number of anilines is 1. The van der Waals surface area contributed by atoms with Crippen LogP contribution in [-0.2, 0) is 27.7 Å². The van der Waals surface area contributed by atoms with Crippen LogP contribution in [0.3, 0.4) is 0 Å². The number of fused-ring (bicyclic) bond motifs is 1. The number of hydrogen-bond donors (Lipinski definition) is 1. The van der Waals surface area contributed by atoms with Crippen molar-refractivity contribution in [1.29, 1.82) is 0 Å². The highest BCUT2D eigenvalue weighted by molar-refractivity contribution is 7.92. The summed E-state index contributed by atoms with van der Waals surface area (Å²) in [6.45, 7) is 2.35. The number of sulfonamides is 1. The molecule has 0 bridgehead atoms. The standard InChI is InChI=1S/C23H30N2O3S/c1-3-18-13-15-20(16-14-18)25(29(2,27)28)17-7-12-23(26)24-22-11-6-9-19-8-4-5-10-21(19)22/h4-5,8,10,13-16,22H,3,6-7,9,11-12,17H2,1-2H3,(H,24,26). The Morgan fingerprint density at radius 1 is 1.14 bits per heavy atom. The summed E-state index contributed by atoms with van der Waals surface area (Å²) in [7, 11) is -3.40. The van der Waals surface area contributed by atoms with E-state index < -0.39 is 10.0 Å². The van der Waals surface area contributed by atoms with Crippen molar-refractivity contribution in [2.45, 2.75) is 51.5 Å². The van der Waals surface area contributed by atoms with Crippen LogP contribution in [0.25, 0.3) is 0 Å². The first kappa shape index (κ1) is 21.4. The minimum atomic E-state index is -3.40. The molecular formula is C23H30N2O3S. The number of benzene rings is 2. The second-order valence-corrected chi connectivity index (χ2v) is 9.58. The van der Waals surface area contributed by atoms with E-state index in [0.717, 1.165) is 31.2 Å². The molecule has 0 aromatic heterocycles. The van der Waals surface area contributed by atoms with Crippen molar-refractivity contribution in [1.82, 2.24) is 5.32 Å². The lowest BCUT2D eigenvalue weighted by Gasteiger charge is -2.26. The lowest BCUT2D eigenvalue weighted by Crippen LogP contribution is -2.33. The monoisotopic (exact) mass is 414 g/mol. The normalized spacial score (nSPS) is 16.1. The molecule has 1 amide bonds. The van der Waals surface area contributed by atoms with Crippen molar-refractivity contribution < 1.29 is 13.2 Å². The maximum absolute atomic E-state index is 12.5. The van der Waals surface area contributed by atoms with Crippen molar-refractivity contribution in [3.63, 3.8) is 0 Å². The fourth-order valence-corrected chi connectivity index (χ4v) is 4.90. The van der Waals surface area contributed by atoms with Crippen molar-refractivity contribution >= 4 is 21.6 Å². The van der Waals surface area contributed by atoms with Crippen LogP contribution in [0.1, 0.15) is 55.3 Å². The van der Waals surface area contributed by atoms with Gasteiger partial charge in [-0.1, -0.05) is 43.3 Å². The first-order chi connectivity index (χ1) is 13.9. The number of nitrogens with zero attached hydrogens (tertiary/aromatic N) is 1. The Bertz CT molecular complexity index is 939.